The van der Waals surface area contributed by atoms with E-state index in [2.05, 4.69) is 12.2 Å². The minimum absolute atomic E-state index is 0.423. The Balaban J connectivity index is 1.76. The van der Waals surface area contributed by atoms with Crippen molar-refractivity contribution in [3.8, 4) is 0 Å². The van der Waals surface area contributed by atoms with E-state index in [1.54, 1.807) is 0 Å². The third kappa shape index (κ3) is 3.80. The van der Waals surface area contributed by atoms with Gasteiger partial charge in [0.25, 0.3) is 0 Å². The molecule has 3 heteroatoms. The Morgan fingerprint density at radius 1 is 1.28 bits per heavy atom. The third-order valence-corrected chi connectivity index (χ3v) is 3.79. The standard InChI is InChI=1S/C15H23NO2/c1-12(13-7-9-18-10-8-13)16-11-15(17)14-5-3-2-4-6-14/h2-6,12-13,15-17H,7-11H2,1H3. The van der Waals surface area contributed by atoms with Crippen molar-refractivity contribution in [2.45, 2.75) is 31.9 Å². The van der Waals surface area contributed by atoms with Crippen LogP contribution < -0.4 is 5.32 Å². The summed E-state index contributed by atoms with van der Waals surface area (Å²) >= 11 is 0. The molecule has 1 aliphatic heterocycles. The molecule has 1 aliphatic rings. The van der Waals surface area contributed by atoms with Gasteiger partial charge in [-0.25, -0.2) is 0 Å². The van der Waals surface area contributed by atoms with Crippen LogP contribution in [0.15, 0.2) is 30.3 Å². The maximum Gasteiger partial charge on any atom is 0.0914 e. The van der Waals surface area contributed by atoms with Gasteiger partial charge >= 0.3 is 0 Å². The summed E-state index contributed by atoms with van der Waals surface area (Å²) in [6, 6.07) is 10.2. The van der Waals surface area contributed by atoms with Crippen LogP contribution in [0.2, 0.25) is 0 Å². The fourth-order valence-electron chi connectivity index (χ4n) is 2.47. The average Bonchev–Trinajstić information content (AvgIpc) is 2.46. The van der Waals surface area contributed by atoms with Gasteiger partial charge in [0.1, 0.15) is 0 Å². The fraction of sp³-hybridized carbons (Fsp3) is 0.600. The number of hydrogen-bond acceptors (Lipinski definition) is 3. The highest BCUT2D eigenvalue weighted by molar-refractivity contribution is 5.17. The minimum atomic E-state index is -0.423. The molecule has 1 saturated heterocycles. The van der Waals surface area contributed by atoms with Gasteiger partial charge in [0.2, 0.25) is 0 Å². The molecule has 100 valence electrons. The van der Waals surface area contributed by atoms with E-state index in [-0.39, 0.29) is 0 Å². The lowest BCUT2D eigenvalue weighted by atomic mass is 9.93. The predicted octanol–water partition coefficient (Wildman–Crippen LogP) is 2.12. The summed E-state index contributed by atoms with van der Waals surface area (Å²) in [5.41, 5.74) is 0.976. The number of nitrogens with one attached hydrogen (secondary N) is 1. The summed E-state index contributed by atoms with van der Waals surface area (Å²) < 4.78 is 5.37. The summed E-state index contributed by atoms with van der Waals surface area (Å²) in [5.74, 6) is 0.668. The number of aliphatic hydroxyl groups is 1. The number of hydrogen-bond donors (Lipinski definition) is 2. The second-order valence-corrected chi connectivity index (χ2v) is 5.07. The van der Waals surface area contributed by atoms with Crippen LogP contribution in [0, 0.1) is 5.92 Å². The molecule has 2 unspecified atom stereocenters. The molecule has 0 saturated carbocycles. The Morgan fingerprint density at radius 2 is 1.94 bits per heavy atom. The van der Waals surface area contributed by atoms with Gasteiger partial charge in [-0.3, -0.25) is 0 Å². The molecule has 2 rings (SSSR count). The smallest absolute Gasteiger partial charge is 0.0914 e. The van der Waals surface area contributed by atoms with Crippen molar-refractivity contribution in [1.29, 1.82) is 0 Å². The highest BCUT2D eigenvalue weighted by atomic mass is 16.5. The normalized spacial score (nSPS) is 20.6. The summed E-state index contributed by atoms with van der Waals surface area (Å²) in [5, 5.41) is 13.5. The zero-order valence-corrected chi connectivity index (χ0v) is 11.0. The lowest BCUT2D eigenvalue weighted by molar-refractivity contribution is 0.0537. The van der Waals surface area contributed by atoms with Crippen LogP contribution >= 0.6 is 0 Å². The van der Waals surface area contributed by atoms with Crippen LogP contribution in [0.1, 0.15) is 31.4 Å². The Bertz CT molecular complexity index is 336. The van der Waals surface area contributed by atoms with Crippen molar-refractivity contribution >= 4 is 0 Å². The first-order chi connectivity index (χ1) is 8.77. The van der Waals surface area contributed by atoms with Crippen LogP contribution in [-0.2, 0) is 4.74 Å². The lowest BCUT2D eigenvalue weighted by Gasteiger charge is -2.29. The summed E-state index contributed by atoms with van der Waals surface area (Å²) in [4.78, 5) is 0. The van der Waals surface area contributed by atoms with Crippen molar-refractivity contribution in [1.82, 2.24) is 5.32 Å². The van der Waals surface area contributed by atoms with Crippen molar-refractivity contribution < 1.29 is 9.84 Å². The molecule has 0 amide bonds. The van der Waals surface area contributed by atoms with Gasteiger partial charge < -0.3 is 15.2 Å². The van der Waals surface area contributed by atoms with E-state index in [9.17, 15) is 5.11 Å². The molecule has 2 N–H and O–H groups in total. The van der Waals surface area contributed by atoms with Gasteiger partial charge in [-0.15, -0.1) is 0 Å². The molecule has 0 bridgehead atoms. The van der Waals surface area contributed by atoms with Crippen molar-refractivity contribution in [2.75, 3.05) is 19.8 Å². The number of benzene rings is 1. The van der Waals surface area contributed by atoms with E-state index in [4.69, 9.17) is 4.74 Å². The van der Waals surface area contributed by atoms with E-state index in [1.807, 2.05) is 30.3 Å². The molecule has 18 heavy (non-hydrogen) atoms. The molecule has 1 aromatic rings. The summed E-state index contributed by atoms with van der Waals surface area (Å²) in [7, 11) is 0. The number of rotatable bonds is 5. The first kappa shape index (κ1) is 13.5. The maximum atomic E-state index is 10.1. The Hall–Kier alpha value is -0.900. The molecule has 0 spiro atoms. The average molecular weight is 249 g/mol. The second kappa shape index (κ2) is 6.88. The highest BCUT2D eigenvalue weighted by Gasteiger charge is 2.20. The Labute approximate surface area is 109 Å². The van der Waals surface area contributed by atoms with Gasteiger partial charge in [0.05, 0.1) is 6.10 Å². The van der Waals surface area contributed by atoms with E-state index >= 15 is 0 Å². The molecule has 1 heterocycles. The zero-order chi connectivity index (χ0) is 12.8. The molecule has 1 fully saturated rings. The third-order valence-electron chi connectivity index (χ3n) is 3.79. The maximum absolute atomic E-state index is 10.1. The molecule has 0 aromatic heterocycles. The largest absolute Gasteiger partial charge is 0.387 e. The van der Waals surface area contributed by atoms with Crippen LogP contribution in [0.5, 0.6) is 0 Å². The molecular weight excluding hydrogens is 226 g/mol. The van der Waals surface area contributed by atoms with Crippen molar-refractivity contribution in [3.05, 3.63) is 35.9 Å². The minimum Gasteiger partial charge on any atom is -0.387 e. The fourth-order valence-corrected chi connectivity index (χ4v) is 2.47. The van der Waals surface area contributed by atoms with Gasteiger partial charge in [0, 0.05) is 25.8 Å². The molecular formula is C15H23NO2. The first-order valence-electron chi connectivity index (χ1n) is 6.81. The van der Waals surface area contributed by atoms with Crippen LogP contribution in [0.4, 0.5) is 0 Å². The molecule has 0 aliphatic carbocycles. The predicted molar refractivity (Wildman–Crippen MR) is 72.4 cm³/mol. The quantitative estimate of drug-likeness (QED) is 0.840. The Kier molecular flexibility index (Phi) is 5.17. The lowest BCUT2D eigenvalue weighted by Crippen LogP contribution is -2.38. The van der Waals surface area contributed by atoms with Crippen LogP contribution in [-0.4, -0.2) is 30.9 Å². The summed E-state index contributed by atoms with van der Waals surface area (Å²) in [6.07, 6.45) is 1.82. The Morgan fingerprint density at radius 3 is 2.61 bits per heavy atom. The number of ether oxygens (including phenoxy) is 1. The van der Waals surface area contributed by atoms with E-state index in [0.717, 1.165) is 31.6 Å². The summed E-state index contributed by atoms with van der Waals surface area (Å²) in [6.45, 7) is 4.56. The van der Waals surface area contributed by atoms with E-state index < -0.39 is 6.10 Å². The first-order valence-corrected chi connectivity index (χ1v) is 6.81. The second-order valence-electron chi connectivity index (χ2n) is 5.07. The van der Waals surface area contributed by atoms with Gasteiger partial charge in [-0.2, -0.15) is 0 Å². The topological polar surface area (TPSA) is 41.5 Å². The highest BCUT2D eigenvalue weighted by Crippen LogP contribution is 2.19. The SMILES string of the molecule is CC(NCC(O)c1ccccc1)C1CCOCC1. The van der Waals surface area contributed by atoms with Crippen LogP contribution in [0.25, 0.3) is 0 Å². The molecule has 1 aromatic carbocycles. The van der Waals surface area contributed by atoms with Gasteiger partial charge in [-0.05, 0) is 31.2 Å². The van der Waals surface area contributed by atoms with E-state index in [0.29, 0.717) is 18.5 Å². The van der Waals surface area contributed by atoms with E-state index in [1.165, 1.54) is 0 Å². The molecule has 2 atom stereocenters. The van der Waals surface area contributed by atoms with Gasteiger partial charge in [0.15, 0.2) is 0 Å². The zero-order valence-electron chi connectivity index (χ0n) is 11.0. The van der Waals surface area contributed by atoms with Crippen molar-refractivity contribution in [3.63, 3.8) is 0 Å². The van der Waals surface area contributed by atoms with Crippen molar-refractivity contribution in [2.24, 2.45) is 5.92 Å². The van der Waals surface area contributed by atoms with Gasteiger partial charge in [-0.1, -0.05) is 30.3 Å². The molecule has 0 radical (unpaired) electrons. The van der Waals surface area contributed by atoms with Crippen LogP contribution in [0.3, 0.4) is 0 Å². The number of aliphatic hydroxyl groups excluding tert-OH is 1. The molecule has 3 nitrogen and oxygen atoms in total. The monoisotopic (exact) mass is 249 g/mol.